The summed E-state index contributed by atoms with van der Waals surface area (Å²) in [4.78, 5) is 22.8. The number of nitriles is 1. The van der Waals surface area contributed by atoms with Gasteiger partial charge in [-0.05, 0) is 37.7 Å². The second-order valence-corrected chi connectivity index (χ2v) is 4.13. The van der Waals surface area contributed by atoms with Gasteiger partial charge in [0.25, 0.3) is 5.56 Å². The Labute approximate surface area is 109 Å². The Morgan fingerprint density at radius 2 is 2.11 bits per heavy atom. The lowest BCUT2D eigenvalue weighted by Crippen LogP contribution is -2.42. The van der Waals surface area contributed by atoms with Crippen molar-refractivity contribution in [3.63, 3.8) is 0 Å². The van der Waals surface area contributed by atoms with E-state index in [1.807, 2.05) is 6.07 Å². The highest BCUT2D eigenvalue weighted by Crippen LogP contribution is 2.03. The number of hydrogen-bond acceptors (Lipinski definition) is 4. The first-order valence-corrected chi connectivity index (χ1v) is 5.49. The number of nitrogens with one attached hydrogen (secondary N) is 2. The Hall–Kier alpha value is -2.20. The van der Waals surface area contributed by atoms with Crippen molar-refractivity contribution in [2.75, 3.05) is 5.43 Å². The summed E-state index contributed by atoms with van der Waals surface area (Å²) in [7, 11) is 0. The van der Waals surface area contributed by atoms with Gasteiger partial charge in [-0.25, -0.2) is 4.68 Å². The third kappa shape index (κ3) is 2.93. The standard InChI is InChI=1S/C11H12N4O2S/c1-6-4-7(2)15(10(17)9(6)5-12)14-11(18)13-8(3)16/h4H,1-3H3,(H2,13,14,16,18). The fourth-order valence-electron chi connectivity index (χ4n) is 1.46. The molecular formula is C11H12N4O2S. The van der Waals surface area contributed by atoms with Crippen molar-refractivity contribution in [3.8, 4) is 6.07 Å². The van der Waals surface area contributed by atoms with Crippen LogP contribution < -0.4 is 16.3 Å². The van der Waals surface area contributed by atoms with Gasteiger partial charge in [0.05, 0.1) is 0 Å². The highest BCUT2D eigenvalue weighted by atomic mass is 32.1. The summed E-state index contributed by atoms with van der Waals surface area (Å²) in [6.07, 6.45) is 0. The maximum absolute atomic E-state index is 12.0. The van der Waals surface area contributed by atoms with Crippen LogP contribution in [0, 0.1) is 25.2 Å². The van der Waals surface area contributed by atoms with E-state index in [-0.39, 0.29) is 16.6 Å². The number of aromatic nitrogens is 1. The molecule has 0 aliphatic heterocycles. The third-order valence-corrected chi connectivity index (χ3v) is 2.40. The Morgan fingerprint density at radius 1 is 1.50 bits per heavy atom. The number of nitrogens with zero attached hydrogens (tertiary/aromatic N) is 2. The van der Waals surface area contributed by atoms with Crippen LogP contribution in [0.1, 0.15) is 23.7 Å². The molecule has 1 aromatic heterocycles. The van der Waals surface area contributed by atoms with Crippen LogP contribution in [0.4, 0.5) is 0 Å². The molecule has 1 amide bonds. The molecule has 6 nitrogen and oxygen atoms in total. The molecular weight excluding hydrogens is 252 g/mol. The summed E-state index contributed by atoms with van der Waals surface area (Å²) >= 11 is 4.86. The van der Waals surface area contributed by atoms with Crippen molar-refractivity contribution in [1.29, 1.82) is 5.26 Å². The van der Waals surface area contributed by atoms with Gasteiger partial charge in [0.15, 0.2) is 5.11 Å². The zero-order valence-electron chi connectivity index (χ0n) is 10.2. The second kappa shape index (κ2) is 5.42. The lowest BCUT2D eigenvalue weighted by atomic mass is 10.1. The first-order chi connectivity index (χ1) is 8.36. The fraction of sp³-hybridized carbons (Fsp3) is 0.273. The monoisotopic (exact) mass is 264 g/mol. The number of aryl methyl sites for hydroxylation is 2. The molecule has 0 saturated carbocycles. The van der Waals surface area contributed by atoms with Crippen LogP contribution in [-0.4, -0.2) is 15.7 Å². The maximum atomic E-state index is 12.0. The van der Waals surface area contributed by atoms with E-state index in [1.54, 1.807) is 19.9 Å². The molecule has 1 rings (SSSR count). The van der Waals surface area contributed by atoms with Crippen molar-refractivity contribution >= 4 is 23.2 Å². The van der Waals surface area contributed by atoms with E-state index in [0.29, 0.717) is 11.3 Å². The van der Waals surface area contributed by atoms with Crippen LogP contribution in [0.15, 0.2) is 10.9 Å². The van der Waals surface area contributed by atoms with Crippen molar-refractivity contribution < 1.29 is 4.79 Å². The van der Waals surface area contributed by atoms with Crippen molar-refractivity contribution in [1.82, 2.24) is 9.99 Å². The minimum atomic E-state index is -0.497. The molecule has 7 heteroatoms. The van der Waals surface area contributed by atoms with Gasteiger partial charge in [0.2, 0.25) is 5.91 Å². The average Bonchev–Trinajstić information content (AvgIpc) is 2.23. The van der Waals surface area contributed by atoms with Gasteiger partial charge in [-0.3, -0.25) is 15.0 Å². The molecule has 0 spiro atoms. The minimum Gasteiger partial charge on any atom is -0.302 e. The van der Waals surface area contributed by atoms with Crippen LogP contribution >= 0.6 is 12.2 Å². The van der Waals surface area contributed by atoms with Crippen LogP contribution in [0.3, 0.4) is 0 Å². The molecule has 2 N–H and O–H groups in total. The number of thiocarbonyl (C=S) groups is 1. The van der Waals surface area contributed by atoms with Crippen molar-refractivity contribution in [2.45, 2.75) is 20.8 Å². The summed E-state index contributed by atoms with van der Waals surface area (Å²) in [5.41, 5.74) is 3.29. The summed E-state index contributed by atoms with van der Waals surface area (Å²) in [6.45, 7) is 4.68. The Bertz CT molecular complexity index is 613. The zero-order valence-corrected chi connectivity index (χ0v) is 11.0. The largest absolute Gasteiger partial charge is 0.302 e. The second-order valence-electron chi connectivity index (χ2n) is 3.72. The molecule has 0 bridgehead atoms. The van der Waals surface area contributed by atoms with Gasteiger partial charge in [-0.2, -0.15) is 5.26 Å². The molecule has 0 fully saturated rings. The minimum absolute atomic E-state index is 0.000410. The number of rotatable bonds is 1. The lowest BCUT2D eigenvalue weighted by Gasteiger charge is -2.14. The summed E-state index contributed by atoms with van der Waals surface area (Å²) in [6, 6.07) is 3.53. The first kappa shape index (κ1) is 13.9. The molecule has 1 aromatic rings. The quantitative estimate of drug-likeness (QED) is 0.712. The van der Waals surface area contributed by atoms with Crippen LogP contribution in [-0.2, 0) is 4.79 Å². The molecule has 18 heavy (non-hydrogen) atoms. The molecule has 0 radical (unpaired) electrons. The fourth-order valence-corrected chi connectivity index (χ4v) is 1.69. The van der Waals surface area contributed by atoms with Crippen LogP contribution in [0.2, 0.25) is 0 Å². The predicted molar refractivity (Wildman–Crippen MR) is 70.7 cm³/mol. The number of carbonyl (C=O) groups is 1. The van der Waals surface area contributed by atoms with Crippen LogP contribution in [0.5, 0.6) is 0 Å². The van der Waals surface area contributed by atoms with Gasteiger partial charge in [0, 0.05) is 12.6 Å². The summed E-state index contributed by atoms with van der Waals surface area (Å²) in [5.74, 6) is -0.342. The van der Waals surface area contributed by atoms with E-state index in [4.69, 9.17) is 17.5 Å². The molecule has 0 aromatic carbocycles. The number of amides is 1. The molecule has 0 aliphatic carbocycles. The smallest absolute Gasteiger partial charge is 0.287 e. The normalized spacial score (nSPS) is 9.44. The van der Waals surface area contributed by atoms with E-state index < -0.39 is 5.56 Å². The summed E-state index contributed by atoms with van der Waals surface area (Å²) < 4.78 is 1.13. The Balaban J connectivity index is 3.19. The van der Waals surface area contributed by atoms with Gasteiger partial charge in [-0.15, -0.1) is 0 Å². The van der Waals surface area contributed by atoms with Crippen molar-refractivity contribution in [3.05, 3.63) is 33.2 Å². The molecule has 0 unspecified atom stereocenters. The summed E-state index contributed by atoms with van der Waals surface area (Å²) in [5, 5.41) is 11.2. The lowest BCUT2D eigenvalue weighted by molar-refractivity contribution is -0.117. The molecule has 0 saturated heterocycles. The average molecular weight is 264 g/mol. The highest BCUT2D eigenvalue weighted by Gasteiger charge is 2.11. The van der Waals surface area contributed by atoms with Gasteiger partial charge in [0.1, 0.15) is 11.6 Å². The third-order valence-electron chi connectivity index (χ3n) is 2.20. The van der Waals surface area contributed by atoms with Gasteiger partial charge in [-0.1, -0.05) is 0 Å². The molecule has 94 valence electrons. The van der Waals surface area contributed by atoms with E-state index in [1.165, 1.54) is 6.92 Å². The van der Waals surface area contributed by atoms with Gasteiger partial charge < -0.3 is 5.32 Å². The first-order valence-electron chi connectivity index (χ1n) is 5.08. The zero-order chi connectivity index (χ0) is 13.9. The van der Waals surface area contributed by atoms with Gasteiger partial charge >= 0.3 is 0 Å². The maximum Gasteiger partial charge on any atom is 0.287 e. The van der Waals surface area contributed by atoms with Crippen molar-refractivity contribution in [2.24, 2.45) is 0 Å². The van der Waals surface area contributed by atoms with E-state index in [2.05, 4.69) is 10.7 Å². The number of carbonyl (C=O) groups excluding carboxylic acids is 1. The molecule has 0 aliphatic rings. The highest BCUT2D eigenvalue weighted by molar-refractivity contribution is 7.80. The van der Waals surface area contributed by atoms with Crippen LogP contribution in [0.25, 0.3) is 0 Å². The Kier molecular flexibility index (Phi) is 4.18. The van der Waals surface area contributed by atoms with E-state index in [0.717, 1.165) is 4.68 Å². The molecule has 1 heterocycles. The molecule has 0 atom stereocenters. The predicted octanol–water partition coefficient (Wildman–Crippen LogP) is 0.301. The number of hydrogen-bond donors (Lipinski definition) is 2. The van der Waals surface area contributed by atoms with E-state index >= 15 is 0 Å². The SMILES string of the molecule is CC(=O)NC(=S)Nn1c(C)cc(C)c(C#N)c1=O. The van der Waals surface area contributed by atoms with E-state index in [9.17, 15) is 9.59 Å². The topological polar surface area (TPSA) is 86.9 Å². The number of pyridine rings is 1. The Morgan fingerprint density at radius 3 is 2.61 bits per heavy atom.